The van der Waals surface area contributed by atoms with Gasteiger partial charge in [-0.2, -0.15) is 0 Å². The van der Waals surface area contributed by atoms with Gasteiger partial charge in [-0.05, 0) is 58.9 Å². The molecule has 0 atom stereocenters. The summed E-state index contributed by atoms with van der Waals surface area (Å²) in [5, 5.41) is 3.18. The Morgan fingerprint density at radius 1 is 1.05 bits per heavy atom. The lowest BCUT2D eigenvalue weighted by Crippen LogP contribution is -2.32. The minimum atomic E-state index is -3.07. The molecule has 0 radical (unpaired) electrons. The van der Waals surface area contributed by atoms with E-state index in [-0.39, 0.29) is 5.75 Å². The molecular formula is C16H28N2O2S. The quantitative estimate of drug-likeness (QED) is 0.840. The fraction of sp³-hybridized carbons (Fsp3) is 0.625. The van der Waals surface area contributed by atoms with Crippen LogP contribution in [0.15, 0.2) is 24.3 Å². The molecule has 0 saturated heterocycles. The molecule has 0 heterocycles. The minimum Gasteiger partial charge on any atom is -0.384 e. The highest BCUT2D eigenvalue weighted by atomic mass is 32.2. The Bertz CT molecular complexity index is 526. The van der Waals surface area contributed by atoms with E-state index < -0.39 is 14.6 Å². The van der Waals surface area contributed by atoms with Gasteiger partial charge in [0.15, 0.2) is 9.84 Å². The number of nitrogens with one attached hydrogen (secondary N) is 1. The monoisotopic (exact) mass is 312 g/mol. The summed E-state index contributed by atoms with van der Waals surface area (Å²) in [7, 11) is -3.07. The van der Waals surface area contributed by atoms with Gasteiger partial charge in [0.1, 0.15) is 0 Å². The summed E-state index contributed by atoms with van der Waals surface area (Å²) >= 11 is 0. The van der Waals surface area contributed by atoms with Gasteiger partial charge in [-0.1, -0.05) is 0 Å². The fourth-order valence-corrected chi connectivity index (χ4v) is 3.00. The second-order valence-corrected chi connectivity index (χ2v) is 8.94. The molecular weight excluding hydrogens is 284 g/mol. The smallest absolute Gasteiger partial charge is 0.156 e. The van der Waals surface area contributed by atoms with Crippen molar-refractivity contribution in [2.75, 3.05) is 35.6 Å². The third kappa shape index (κ3) is 4.92. The van der Waals surface area contributed by atoms with E-state index in [4.69, 9.17) is 0 Å². The van der Waals surface area contributed by atoms with Crippen molar-refractivity contribution in [3.05, 3.63) is 24.3 Å². The molecule has 0 unspecified atom stereocenters. The molecule has 0 spiro atoms. The highest BCUT2D eigenvalue weighted by Crippen LogP contribution is 2.19. The zero-order valence-corrected chi connectivity index (χ0v) is 14.6. The number of nitrogens with zero attached hydrogens (tertiary/aromatic N) is 1. The highest BCUT2D eigenvalue weighted by Gasteiger charge is 2.28. The molecule has 0 aliphatic heterocycles. The van der Waals surface area contributed by atoms with Crippen molar-refractivity contribution in [1.29, 1.82) is 0 Å². The molecule has 0 bridgehead atoms. The molecule has 5 heteroatoms. The van der Waals surface area contributed by atoms with Crippen LogP contribution in [0, 0.1) is 0 Å². The first kappa shape index (κ1) is 17.8. The lowest BCUT2D eigenvalue weighted by Gasteiger charge is -2.21. The second-order valence-electron chi connectivity index (χ2n) is 6.08. The number of hydrogen-bond donors (Lipinski definition) is 1. The Morgan fingerprint density at radius 2 is 1.57 bits per heavy atom. The number of hydrogen-bond acceptors (Lipinski definition) is 4. The highest BCUT2D eigenvalue weighted by molar-refractivity contribution is 7.92. The van der Waals surface area contributed by atoms with E-state index in [2.05, 4.69) is 36.2 Å². The summed E-state index contributed by atoms with van der Waals surface area (Å²) in [6.45, 7) is 11.9. The topological polar surface area (TPSA) is 49.4 Å². The minimum absolute atomic E-state index is 0.147. The normalized spacial score (nSPS) is 12.2. The molecule has 1 aromatic rings. The number of sulfone groups is 1. The summed E-state index contributed by atoms with van der Waals surface area (Å²) < 4.78 is 23.3. The van der Waals surface area contributed by atoms with E-state index in [0.717, 1.165) is 18.8 Å². The number of rotatable bonds is 7. The SMILES string of the molecule is CCN(CC)c1ccc(NCCS(=O)(=O)C(C)(C)C)cc1. The van der Waals surface area contributed by atoms with Crippen LogP contribution >= 0.6 is 0 Å². The molecule has 0 aliphatic rings. The van der Waals surface area contributed by atoms with Crippen LogP contribution in [-0.4, -0.2) is 38.6 Å². The lowest BCUT2D eigenvalue weighted by molar-refractivity contribution is 0.560. The first-order valence-electron chi connectivity index (χ1n) is 7.52. The maximum Gasteiger partial charge on any atom is 0.156 e. The lowest BCUT2D eigenvalue weighted by atomic mass is 10.2. The van der Waals surface area contributed by atoms with Crippen LogP contribution in [0.25, 0.3) is 0 Å². The molecule has 21 heavy (non-hydrogen) atoms. The Morgan fingerprint density at radius 3 is 2.00 bits per heavy atom. The molecule has 1 aromatic carbocycles. The van der Waals surface area contributed by atoms with Crippen LogP contribution in [0.3, 0.4) is 0 Å². The molecule has 0 saturated carbocycles. The van der Waals surface area contributed by atoms with Gasteiger partial charge in [0.05, 0.1) is 10.5 Å². The van der Waals surface area contributed by atoms with E-state index in [0.29, 0.717) is 6.54 Å². The van der Waals surface area contributed by atoms with Crippen LogP contribution in [0.4, 0.5) is 11.4 Å². The summed E-state index contributed by atoms with van der Waals surface area (Å²) in [5.74, 6) is 0.147. The average Bonchev–Trinajstić information content (AvgIpc) is 2.40. The van der Waals surface area contributed by atoms with Crippen LogP contribution in [0.2, 0.25) is 0 Å². The van der Waals surface area contributed by atoms with Crippen LogP contribution in [0.5, 0.6) is 0 Å². The maximum atomic E-state index is 12.0. The average molecular weight is 312 g/mol. The van der Waals surface area contributed by atoms with E-state index in [9.17, 15) is 8.42 Å². The predicted octanol–water partition coefficient (Wildman–Crippen LogP) is 3.16. The molecule has 4 nitrogen and oxygen atoms in total. The predicted molar refractivity (Wildman–Crippen MR) is 92.0 cm³/mol. The van der Waals surface area contributed by atoms with Crippen molar-refractivity contribution in [1.82, 2.24) is 0 Å². The fourth-order valence-electron chi connectivity index (χ4n) is 2.01. The van der Waals surface area contributed by atoms with Crippen molar-refractivity contribution in [2.24, 2.45) is 0 Å². The second kappa shape index (κ2) is 7.16. The summed E-state index contributed by atoms with van der Waals surface area (Å²) in [6.07, 6.45) is 0. The Kier molecular flexibility index (Phi) is 6.08. The first-order valence-corrected chi connectivity index (χ1v) is 9.17. The molecule has 0 aromatic heterocycles. The van der Waals surface area contributed by atoms with Crippen LogP contribution in [-0.2, 0) is 9.84 Å². The molecule has 1 rings (SSSR count). The maximum absolute atomic E-state index is 12.0. The molecule has 1 N–H and O–H groups in total. The van der Waals surface area contributed by atoms with Crippen molar-refractivity contribution in [3.8, 4) is 0 Å². The zero-order chi connectivity index (χ0) is 16.1. The molecule has 0 fully saturated rings. The summed E-state index contributed by atoms with van der Waals surface area (Å²) in [5.41, 5.74) is 2.14. The third-order valence-corrected chi connectivity index (χ3v) is 6.24. The Labute approximate surface area is 129 Å². The molecule has 0 amide bonds. The summed E-state index contributed by atoms with van der Waals surface area (Å²) in [6, 6.07) is 8.12. The number of anilines is 2. The van der Waals surface area contributed by atoms with Gasteiger partial charge in [0.2, 0.25) is 0 Å². The van der Waals surface area contributed by atoms with E-state index in [1.807, 2.05) is 12.1 Å². The molecule has 120 valence electrons. The van der Waals surface area contributed by atoms with E-state index in [1.165, 1.54) is 5.69 Å². The van der Waals surface area contributed by atoms with Gasteiger partial charge in [-0.15, -0.1) is 0 Å². The van der Waals surface area contributed by atoms with E-state index in [1.54, 1.807) is 20.8 Å². The van der Waals surface area contributed by atoms with E-state index >= 15 is 0 Å². The van der Waals surface area contributed by atoms with Crippen molar-refractivity contribution < 1.29 is 8.42 Å². The van der Waals surface area contributed by atoms with Gasteiger partial charge in [0, 0.05) is 31.0 Å². The first-order chi connectivity index (χ1) is 9.71. The Hall–Kier alpha value is -1.23. The van der Waals surface area contributed by atoms with Crippen molar-refractivity contribution in [3.63, 3.8) is 0 Å². The number of benzene rings is 1. The largest absolute Gasteiger partial charge is 0.384 e. The van der Waals surface area contributed by atoms with Crippen molar-refractivity contribution in [2.45, 2.75) is 39.4 Å². The van der Waals surface area contributed by atoms with Gasteiger partial charge < -0.3 is 10.2 Å². The van der Waals surface area contributed by atoms with Gasteiger partial charge in [0.25, 0.3) is 0 Å². The third-order valence-electron chi connectivity index (χ3n) is 3.63. The van der Waals surface area contributed by atoms with Crippen LogP contribution in [0.1, 0.15) is 34.6 Å². The zero-order valence-electron chi connectivity index (χ0n) is 13.8. The van der Waals surface area contributed by atoms with Gasteiger partial charge >= 0.3 is 0 Å². The van der Waals surface area contributed by atoms with Gasteiger partial charge in [-0.3, -0.25) is 0 Å². The van der Waals surface area contributed by atoms with Crippen LogP contribution < -0.4 is 10.2 Å². The standard InChI is InChI=1S/C16H28N2O2S/c1-6-18(7-2)15-10-8-14(9-11-15)17-12-13-21(19,20)16(3,4)5/h8-11,17H,6-7,12-13H2,1-5H3. The Balaban J connectivity index is 2.58. The van der Waals surface area contributed by atoms with Gasteiger partial charge in [-0.25, -0.2) is 8.42 Å². The van der Waals surface area contributed by atoms with Crippen molar-refractivity contribution >= 4 is 21.2 Å². The summed E-state index contributed by atoms with van der Waals surface area (Å²) in [4.78, 5) is 2.27. The molecule has 0 aliphatic carbocycles.